The fourth-order valence-electron chi connectivity index (χ4n) is 2.59. The first kappa shape index (κ1) is 18.7. The van der Waals surface area contributed by atoms with Gasteiger partial charge >= 0.3 is 11.9 Å². The molecule has 0 fully saturated rings. The molecule has 9 nitrogen and oxygen atoms in total. The van der Waals surface area contributed by atoms with Gasteiger partial charge in [-0.1, -0.05) is 12.1 Å². The number of hydrogen-bond acceptors (Lipinski definition) is 8. The second-order valence-corrected chi connectivity index (χ2v) is 5.14. The number of esters is 2. The Morgan fingerprint density at radius 3 is 2.69 bits per heavy atom. The molecule has 26 heavy (non-hydrogen) atoms. The number of dihydropyridines is 1. The van der Waals surface area contributed by atoms with Crippen LogP contribution in [0.5, 0.6) is 0 Å². The van der Waals surface area contributed by atoms with Gasteiger partial charge in [0.25, 0.3) is 5.69 Å². The van der Waals surface area contributed by atoms with Gasteiger partial charge < -0.3 is 14.8 Å². The number of nitrogens with zero attached hydrogens (tertiary/aromatic N) is 2. The van der Waals surface area contributed by atoms with Gasteiger partial charge in [0.15, 0.2) is 0 Å². The number of methoxy groups -OCH3 is 1. The fraction of sp³-hybridized carbons (Fsp3) is 0.235. The molecule has 0 saturated heterocycles. The summed E-state index contributed by atoms with van der Waals surface area (Å²) in [4.78, 5) is 35.1. The second kappa shape index (κ2) is 7.94. The minimum absolute atomic E-state index is 0.0340. The van der Waals surface area contributed by atoms with Crippen molar-refractivity contribution in [3.63, 3.8) is 0 Å². The third-order valence-corrected chi connectivity index (χ3v) is 3.68. The molecule has 0 radical (unpaired) electrons. The zero-order chi connectivity index (χ0) is 19.3. The molecule has 1 unspecified atom stereocenters. The quantitative estimate of drug-likeness (QED) is 0.478. The van der Waals surface area contributed by atoms with Crippen LogP contribution in [0, 0.1) is 21.4 Å². The summed E-state index contributed by atoms with van der Waals surface area (Å²) in [6.45, 7) is 1.72. The maximum absolute atomic E-state index is 12.3. The monoisotopic (exact) mass is 357 g/mol. The summed E-state index contributed by atoms with van der Waals surface area (Å²) in [5, 5.41) is 23.0. The molecule has 1 N–H and O–H groups in total. The van der Waals surface area contributed by atoms with E-state index in [1.165, 1.54) is 30.5 Å². The summed E-state index contributed by atoms with van der Waals surface area (Å²) in [5.74, 6) is -2.59. The molecule has 1 atom stereocenters. The van der Waals surface area contributed by atoms with Crippen molar-refractivity contribution >= 4 is 17.6 Å². The van der Waals surface area contributed by atoms with Crippen molar-refractivity contribution in [3.8, 4) is 6.07 Å². The number of nitriles is 1. The average Bonchev–Trinajstić information content (AvgIpc) is 2.66. The highest BCUT2D eigenvalue weighted by Crippen LogP contribution is 2.38. The Balaban J connectivity index is 2.68. The van der Waals surface area contributed by atoms with E-state index >= 15 is 0 Å². The first-order chi connectivity index (χ1) is 12.4. The molecule has 0 aromatic heterocycles. The summed E-state index contributed by atoms with van der Waals surface area (Å²) >= 11 is 0. The van der Waals surface area contributed by atoms with Gasteiger partial charge in [0.05, 0.1) is 35.7 Å². The van der Waals surface area contributed by atoms with Gasteiger partial charge in [-0.25, -0.2) is 9.59 Å². The van der Waals surface area contributed by atoms with Crippen molar-refractivity contribution in [1.82, 2.24) is 5.32 Å². The highest BCUT2D eigenvalue weighted by Gasteiger charge is 2.37. The van der Waals surface area contributed by atoms with Gasteiger partial charge in [-0.3, -0.25) is 10.1 Å². The molecule has 134 valence electrons. The maximum Gasteiger partial charge on any atom is 0.337 e. The number of allylic oxidation sites excluding steroid dienone is 1. The largest absolute Gasteiger partial charge is 0.466 e. The van der Waals surface area contributed by atoms with E-state index in [1.807, 2.05) is 6.07 Å². The van der Waals surface area contributed by atoms with E-state index in [9.17, 15) is 25.0 Å². The van der Waals surface area contributed by atoms with Crippen molar-refractivity contribution < 1.29 is 24.0 Å². The lowest BCUT2D eigenvalue weighted by atomic mass is 9.82. The van der Waals surface area contributed by atoms with Crippen LogP contribution in [0.2, 0.25) is 0 Å². The molecule has 1 aromatic rings. The van der Waals surface area contributed by atoms with E-state index in [4.69, 9.17) is 9.47 Å². The van der Waals surface area contributed by atoms with Crippen molar-refractivity contribution in [1.29, 1.82) is 5.26 Å². The van der Waals surface area contributed by atoms with Crippen LogP contribution in [-0.4, -0.2) is 30.6 Å². The molecule has 0 spiro atoms. The number of carbonyl (C=O) groups is 2. The lowest BCUT2D eigenvalue weighted by molar-refractivity contribution is -0.384. The smallest absolute Gasteiger partial charge is 0.337 e. The first-order valence-electron chi connectivity index (χ1n) is 7.55. The third-order valence-electron chi connectivity index (χ3n) is 3.68. The number of non-ortho nitro benzene ring substituents is 1. The molecule has 1 heterocycles. The van der Waals surface area contributed by atoms with Crippen LogP contribution in [-0.2, 0) is 19.1 Å². The fourth-order valence-corrected chi connectivity index (χ4v) is 2.59. The molecule has 0 bridgehead atoms. The minimum atomic E-state index is -1.04. The number of rotatable bonds is 5. The molecule has 1 aliphatic rings. The highest BCUT2D eigenvalue weighted by atomic mass is 16.6. The minimum Gasteiger partial charge on any atom is -0.466 e. The predicted octanol–water partition coefficient (Wildman–Crippen LogP) is 1.68. The number of ether oxygens (including phenoxy) is 2. The molecule has 0 amide bonds. The molecule has 1 aromatic carbocycles. The van der Waals surface area contributed by atoms with Crippen molar-refractivity contribution in [2.24, 2.45) is 0 Å². The van der Waals surface area contributed by atoms with Crippen LogP contribution in [0.4, 0.5) is 5.69 Å². The van der Waals surface area contributed by atoms with Gasteiger partial charge in [0, 0.05) is 18.3 Å². The zero-order valence-electron chi connectivity index (χ0n) is 14.0. The Kier molecular flexibility index (Phi) is 5.70. The van der Waals surface area contributed by atoms with Crippen LogP contribution in [0.25, 0.3) is 0 Å². The molecule has 1 aliphatic heterocycles. The Bertz CT molecular complexity index is 865. The van der Waals surface area contributed by atoms with Crippen LogP contribution >= 0.6 is 0 Å². The van der Waals surface area contributed by atoms with Gasteiger partial charge in [0.2, 0.25) is 0 Å². The summed E-state index contributed by atoms with van der Waals surface area (Å²) in [7, 11) is 1.14. The number of nitro groups is 1. The van der Waals surface area contributed by atoms with E-state index in [-0.39, 0.29) is 34.7 Å². The van der Waals surface area contributed by atoms with Gasteiger partial charge in [-0.15, -0.1) is 0 Å². The summed E-state index contributed by atoms with van der Waals surface area (Å²) in [5.41, 5.74) is -0.130. The molecule has 9 heteroatoms. The molecular weight excluding hydrogens is 342 g/mol. The van der Waals surface area contributed by atoms with E-state index in [2.05, 4.69) is 5.32 Å². The van der Waals surface area contributed by atoms with E-state index in [1.54, 1.807) is 6.92 Å². The number of hydrogen-bond donors (Lipinski definition) is 1. The van der Waals surface area contributed by atoms with Gasteiger partial charge in [0.1, 0.15) is 11.8 Å². The van der Waals surface area contributed by atoms with Crippen molar-refractivity contribution in [2.45, 2.75) is 12.8 Å². The number of carbonyl (C=O) groups excluding carboxylic acids is 2. The molecular formula is C17H15N3O6. The van der Waals surface area contributed by atoms with Gasteiger partial charge in [-0.05, 0) is 12.5 Å². The third kappa shape index (κ3) is 3.54. The Morgan fingerprint density at radius 2 is 2.12 bits per heavy atom. The lowest BCUT2D eigenvalue weighted by Crippen LogP contribution is -2.30. The number of benzene rings is 1. The lowest BCUT2D eigenvalue weighted by Gasteiger charge is -2.26. The summed E-state index contributed by atoms with van der Waals surface area (Å²) in [6.07, 6.45) is 1.26. The average molecular weight is 357 g/mol. The maximum atomic E-state index is 12.3. The first-order valence-corrected chi connectivity index (χ1v) is 7.55. The van der Waals surface area contributed by atoms with Crippen molar-refractivity contribution in [3.05, 3.63) is 63.0 Å². The Hall–Kier alpha value is -3.67. The van der Waals surface area contributed by atoms with Crippen LogP contribution in [0.1, 0.15) is 18.4 Å². The van der Waals surface area contributed by atoms with Crippen molar-refractivity contribution in [2.75, 3.05) is 13.7 Å². The van der Waals surface area contributed by atoms with Crippen LogP contribution in [0.3, 0.4) is 0 Å². The predicted molar refractivity (Wildman–Crippen MR) is 88.3 cm³/mol. The molecule has 0 aliphatic carbocycles. The standard InChI is InChI=1S/C17H15N3O6/c1-3-26-16(21)12-9-19-13(8-18)15(17(22)25-2)14(12)10-5-4-6-11(7-10)20(23)24/h4-7,9,14,19H,3H2,1-2H3. The number of nitro benzene ring substituents is 1. The second-order valence-electron chi connectivity index (χ2n) is 5.14. The van der Waals surface area contributed by atoms with Gasteiger partial charge in [-0.2, -0.15) is 5.26 Å². The normalized spacial score (nSPS) is 16.0. The number of nitrogens with one attached hydrogen (secondary N) is 1. The molecule has 2 rings (SSSR count). The summed E-state index contributed by atoms with van der Waals surface area (Å²) < 4.78 is 9.74. The SMILES string of the molecule is CCOC(=O)C1=CNC(C#N)=C(C(=O)OC)C1c1cccc([N+](=O)[O-])c1. The zero-order valence-corrected chi connectivity index (χ0v) is 14.0. The topological polar surface area (TPSA) is 132 Å². The summed E-state index contributed by atoms with van der Waals surface area (Å²) in [6, 6.07) is 7.31. The van der Waals surface area contributed by atoms with Crippen LogP contribution in [0.15, 0.2) is 47.3 Å². The Morgan fingerprint density at radius 1 is 1.38 bits per heavy atom. The molecule has 0 saturated carbocycles. The van der Waals surface area contributed by atoms with E-state index in [0.717, 1.165) is 7.11 Å². The Labute approximate surface area is 148 Å². The highest BCUT2D eigenvalue weighted by molar-refractivity contribution is 5.99. The van der Waals surface area contributed by atoms with E-state index in [0.29, 0.717) is 0 Å². The van der Waals surface area contributed by atoms with Crippen LogP contribution < -0.4 is 5.32 Å². The van der Waals surface area contributed by atoms with E-state index < -0.39 is 22.8 Å².